The van der Waals surface area contributed by atoms with Gasteiger partial charge in [0, 0.05) is 5.56 Å². The second-order valence-electron chi connectivity index (χ2n) is 9.50. The maximum Gasteiger partial charge on any atom is 0.262 e. The first-order valence-corrected chi connectivity index (χ1v) is 13.8. The number of amides is 1. The third-order valence-corrected chi connectivity index (χ3v) is 8.58. The fourth-order valence-electron chi connectivity index (χ4n) is 4.73. The maximum atomic E-state index is 13.3. The van der Waals surface area contributed by atoms with Gasteiger partial charge in [-0.2, -0.15) is 0 Å². The molecule has 0 spiro atoms. The van der Waals surface area contributed by atoms with Gasteiger partial charge in [0.25, 0.3) is 15.9 Å². The molecule has 0 bridgehead atoms. The minimum absolute atomic E-state index is 0.105. The standard InChI is InChI=1S/C29H34N2O3S/c1-5-26(24-16-15-22-10-6-7-11-23(22)17-24)30-29(32)25-14-13-20(3)28(18-25)35(33,34)31-27-12-8-9-19(2)21(27)4/h8-9,12-18,26,31H,5-7,10-11H2,1-4H3,(H,30,32)/t26-/m1/s1. The van der Waals surface area contributed by atoms with Crippen LogP contribution in [0.1, 0.15) is 76.0 Å². The molecule has 2 N–H and O–H groups in total. The van der Waals surface area contributed by atoms with Crippen LogP contribution < -0.4 is 10.0 Å². The number of rotatable bonds is 7. The number of benzene rings is 3. The Morgan fingerprint density at radius 2 is 1.66 bits per heavy atom. The Bertz CT molecular complexity index is 1360. The first kappa shape index (κ1) is 25.0. The molecule has 1 amide bonds. The predicted molar refractivity (Wildman–Crippen MR) is 141 cm³/mol. The molecule has 0 aliphatic heterocycles. The van der Waals surface area contributed by atoms with Crippen molar-refractivity contribution in [2.45, 2.75) is 70.7 Å². The Labute approximate surface area is 209 Å². The Kier molecular flexibility index (Phi) is 7.31. The van der Waals surface area contributed by atoms with Crippen LogP contribution in [0, 0.1) is 20.8 Å². The summed E-state index contributed by atoms with van der Waals surface area (Å²) in [5, 5.41) is 3.12. The van der Waals surface area contributed by atoms with Crippen LogP contribution in [0.15, 0.2) is 59.5 Å². The van der Waals surface area contributed by atoms with E-state index in [1.807, 2.05) is 32.9 Å². The van der Waals surface area contributed by atoms with Crippen LogP contribution in [0.2, 0.25) is 0 Å². The number of hydrogen-bond donors (Lipinski definition) is 2. The van der Waals surface area contributed by atoms with Gasteiger partial charge >= 0.3 is 0 Å². The Hall–Kier alpha value is -3.12. The molecule has 3 aromatic rings. The van der Waals surface area contributed by atoms with Gasteiger partial charge in [-0.25, -0.2) is 8.42 Å². The van der Waals surface area contributed by atoms with E-state index in [1.54, 1.807) is 25.1 Å². The van der Waals surface area contributed by atoms with Crippen molar-refractivity contribution in [2.24, 2.45) is 0 Å². The van der Waals surface area contributed by atoms with E-state index in [-0.39, 0.29) is 16.8 Å². The smallest absolute Gasteiger partial charge is 0.262 e. The molecule has 0 fully saturated rings. The SMILES string of the molecule is CC[C@@H](NC(=O)c1ccc(C)c(S(=O)(=O)Nc2cccc(C)c2C)c1)c1ccc2c(c1)CCCC2. The lowest BCUT2D eigenvalue weighted by atomic mass is 9.88. The summed E-state index contributed by atoms with van der Waals surface area (Å²) >= 11 is 0. The number of aryl methyl sites for hydroxylation is 4. The molecule has 0 radical (unpaired) electrons. The van der Waals surface area contributed by atoms with Gasteiger partial charge in [0.2, 0.25) is 0 Å². The molecule has 3 aromatic carbocycles. The van der Waals surface area contributed by atoms with Crippen LogP contribution in [0.25, 0.3) is 0 Å². The summed E-state index contributed by atoms with van der Waals surface area (Å²) in [5.74, 6) is -0.280. The maximum absolute atomic E-state index is 13.3. The first-order valence-electron chi connectivity index (χ1n) is 12.3. The molecule has 35 heavy (non-hydrogen) atoms. The van der Waals surface area contributed by atoms with Crippen LogP contribution in [-0.2, 0) is 22.9 Å². The van der Waals surface area contributed by atoms with Crippen LogP contribution in [-0.4, -0.2) is 14.3 Å². The molecule has 0 aromatic heterocycles. The molecule has 1 atom stereocenters. The quantitative estimate of drug-likeness (QED) is 0.416. The Morgan fingerprint density at radius 3 is 2.40 bits per heavy atom. The van der Waals surface area contributed by atoms with Crippen LogP contribution in [0.4, 0.5) is 5.69 Å². The zero-order chi connectivity index (χ0) is 25.2. The number of fused-ring (bicyclic) bond motifs is 1. The summed E-state index contributed by atoms with van der Waals surface area (Å²) in [7, 11) is -3.87. The van der Waals surface area contributed by atoms with Crippen molar-refractivity contribution >= 4 is 21.6 Å². The lowest BCUT2D eigenvalue weighted by Crippen LogP contribution is -2.28. The minimum Gasteiger partial charge on any atom is -0.345 e. The van der Waals surface area contributed by atoms with Crippen molar-refractivity contribution < 1.29 is 13.2 Å². The van der Waals surface area contributed by atoms with Crippen molar-refractivity contribution in [3.05, 3.63) is 93.5 Å². The minimum atomic E-state index is -3.87. The molecule has 0 saturated carbocycles. The molecule has 0 unspecified atom stereocenters. The Morgan fingerprint density at radius 1 is 0.914 bits per heavy atom. The molecule has 1 aliphatic rings. The normalized spacial score (nSPS) is 14.2. The molecule has 0 saturated heterocycles. The van der Waals surface area contributed by atoms with Gasteiger partial charge in [0.1, 0.15) is 0 Å². The zero-order valence-electron chi connectivity index (χ0n) is 20.9. The summed E-state index contributed by atoms with van der Waals surface area (Å²) in [4.78, 5) is 13.3. The second kappa shape index (κ2) is 10.2. The molecular weight excluding hydrogens is 456 g/mol. The van der Waals surface area contributed by atoms with Gasteiger partial charge < -0.3 is 5.32 Å². The average Bonchev–Trinajstić information content (AvgIpc) is 2.85. The number of carbonyl (C=O) groups excluding carboxylic acids is 1. The fourth-order valence-corrected chi connectivity index (χ4v) is 6.12. The highest BCUT2D eigenvalue weighted by Crippen LogP contribution is 2.27. The van der Waals surface area contributed by atoms with E-state index in [2.05, 4.69) is 28.2 Å². The predicted octanol–water partition coefficient (Wildman–Crippen LogP) is 6.17. The zero-order valence-corrected chi connectivity index (χ0v) is 21.8. The molecule has 4 rings (SSSR count). The monoisotopic (exact) mass is 490 g/mol. The largest absolute Gasteiger partial charge is 0.345 e. The molecule has 5 nitrogen and oxygen atoms in total. The topological polar surface area (TPSA) is 75.3 Å². The number of carbonyl (C=O) groups is 1. The van der Waals surface area contributed by atoms with Gasteiger partial charge in [-0.1, -0.05) is 43.3 Å². The number of nitrogens with one attached hydrogen (secondary N) is 2. The van der Waals surface area contributed by atoms with E-state index < -0.39 is 10.0 Å². The average molecular weight is 491 g/mol. The molecule has 184 valence electrons. The van der Waals surface area contributed by atoms with E-state index in [4.69, 9.17) is 0 Å². The van der Waals surface area contributed by atoms with Crippen molar-refractivity contribution in [3.63, 3.8) is 0 Å². The third-order valence-electron chi connectivity index (χ3n) is 7.08. The molecule has 6 heteroatoms. The van der Waals surface area contributed by atoms with Gasteiger partial charge in [-0.15, -0.1) is 0 Å². The highest BCUT2D eigenvalue weighted by Gasteiger charge is 2.22. The lowest BCUT2D eigenvalue weighted by Gasteiger charge is -2.22. The second-order valence-corrected chi connectivity index (χ2v) is 11.2. The summed E-state index contributed by atoms with van der Waals surface area (Å²) < 4.78 is 29.2. The number of anilines is 1. The summed E-state index contributed by atoms with van der Waals surface area (Å²) in [6.07, 6.45) is 5.39. The van der Waals surface area contributed by atoms with Crippen LogP contribution in [0.5, 0.6) is 0 Å². The van der Waals surface area contributed by atoms with E-state index >= 15 is 0 Å². The van der Waals surface area contributed by atoms with E-state index in [0.29, 0.717) is 16.8 Å². The van der Waals surface area contributed by atoms with Crippen LogP contribution >= 0.6 is 0 Å². The van der Waals surface area contributed by atoms with Crippen molar-refractivity contribution in [3.8, 4) is 0 Å². The van der Waals surface area contributed by atoms with E-state index in [1.165, 1.54) is 30.0 Å². The van der Waals surface area contributed by atoms with Gasteiger partial charge in [-0.3, -0.25) is 9.52 Å². The summed E-state index contributed by atoms with van der Waals surface area (Å²) in [6, 6.07) is 16.7. The van der Waals surface area contributed by atoms with Gasteiger partial charge in [0.05, 0.1) is 16.6 Å². The van der Waals surface area contributed by atoms with Crippen molar-refractivity contribution in [1.29, 1.82) is 0 Å². The number of hydrogen-bond acceptors (Lipinski definition) is 3. The van der Waals surface area contributed by atoms with Crippen molar-refractivity contribution in [2.75, 3.05) is 4.72 Å². The van der Waals surface area contributed by atoms with Gasteiger partial charge in [0.15, 0.2) is 0 Å². The molecule has 1 aliphatic carbocycles. The van der Waals surface area contributed by atoms with Crippen LogP contribution in [0.3, 0.4) is 0 Å². The van der Waals surface area contributed by atoms with Crippen molar-refractivity contribution in [1.82, 2.24) is 5.32 Å². The molecule has 0 heterocycles. The summed E-state index contributed by atoms with van der Waals surface area (Å²) in [5.41, 5.74) is 7.21. The lowest BCUT2D eigenvalue weighted by molar-refractivity contribution is 0.0935. The third kappa shape index (κ3) is 5.43. The highest BCUT2D eigenvalue weighted by molar-refractivity contribution is 7.92. The van der Waals surface area contributed by atoms with E-state index in [9.17, 15) is 13.2 Å². The van der Waals surface area contributed by atoms with E-state index in [0.717, 1.165) is 36.0 Å². The highest BCUT2D eigenvalue weighted by atomic mass is 32.2. The number of sulfonamides is 1. The Balaban J connectivity index is 1.57. The summed E-state index contributed by atoms with van der Waals surface area (Å²) in [6.45, 7) is 7.61. The molecular formula is C29H34N2O3S. The first-order chi connectivity index (χ1) is 16.7. The fraction of sp³-hybridized carbons (Fsp3) is 0.345. The van der Waals surface area contributed by atoms with Gasteiger partial charge in [-0.05, 0) is 104 Å².